The minimum absolute atomic E-state index is 0.186. The Labute approximate surface area is 126 Å². The highest BCUT2D eigenvalue weighted by molar-refractivity contribution is 9.10. The average molecular weight is 341 g/mol. The fourth-order valence-corrected chi connectivity index (χ4v) is 3.03. The molecular weight excluding hydrogens is 324 g/mol. The lowest BCUT2D eigenvalue weighted by molar-refractivity contribution is -0.145. The number of carbonyl (C=O) groups is 2. The molecule has 0 bridgehead atoms. The number of methoxy groups -OCH3 is 1. The molecule has 2 unspecified atom stereocenters. The first-order chi connectivity index (χ1) is 9.52. The van der Waals surface area contributed by atoms with Gasteiger partial charge in [0.15, 0.2) is 0 Å². The molecule has 6 heteroatoms. The van der Waals surface area contributed by atoms with Crippen molar-refractivity contribution in [2.24, 2.45) is 11.7 Å². The van der Waals surface area contributed by atoms with E-state index in [-0.39, 0.29) is 11.9 Å². The minimum Gasteiger partial charge on any atom is -0.469 e. The standard InChI is InChI=1S/C14H17BrN2O3/c1-20-14(19)10-5-6-17(8-10)12(13(16)18)9-3-2-4-11(15)7-9/h2-4,7,10,12H,5-6,8H2,1H3,(H2,16,18). The maximum Gasteiger partial charge on any atom is 0.310 e. The minimum atomic E-state index is -0.512. The van der Waals surface area contributed by atoms with Crippen LogP contribution in [-0.4, -0.2) is 37.0 Å². The van der Waals surface area contributed by atoms with Crippen LogP contribution in [0.3, 0.4) is 0 Å². The van der Waals surface area contributed by atoms with E-state index in [0.29, 0.717) is 19.5 Å². The van der Waals surface area contributed by atoms with Crippen molar-refractivity contribution in [3.8, 4) is 0 Å². The normalized spacial score (nSPS) is 20.6. The number of carbonyl (C=O) groups excluding carboxylic acids is 2. The first-order valence-corrected chi connectivity index (χ1v) is 7.19. The van der Waals surface area contributed by atoms with Crippen molar-refractivity contribution in [2.45, 2.75) is 12.5 Å². The molecule has 2 N–H and O–H groups in total. The van der Waals surface area contributed by atoms with Crippen LogP contribution in [0.15, 0.2) is 28.7 Å². The number of benzene rings is 1. The Bertz CT molecular complexity index is 521. The zero-order chi connectivity index (χ0) is 14.7. The molecule has 1 aliphatic rings. The summed E-state index contributed by atoms with van der Waals surface area (Å²) in [5, 5.41) is 0. The van der Waals surface area contributed by atoms with Gasteiger partial charge in [-0.3, -0.25) is 14.5 Å². The van der Waals surface area contributed by atoms with Crippen LogP contribution in [0.4, 0.5) is 0 Å². The van der Waals surface area contributed by atoms with Crippen LogP contribution in [0.2, 0.25) is 0 Å². The SMILES string of the molecule is COC(=O)C1CCN(C(C(N)=O)c2cccc(Br)c2)C1. The Morgan fingerprint density at radius 3 is 2.85 bits per heavy atom. The van der Waals surface area contributed by atoms with Gasteiger partial charge >= 0.3 is 5.97 Å². The molecule has 0 saturated carbocycles. The second-order valence-corrected chi connectivity index (χ2v) is 5.78. The summed E-state index contributed by atoms with van der Waals surface area (Å²) in [5.41, 5.74) is 6.37. The summed E-state index contributed by atoms with van der Waals surface area (Å²) in [7, 11) is 1.38. The van der Waals surface area contributed by atoms with Gasteiger partial charge in [-0.2, -0.15) is 0 Å². The number of halogens is 1. The van der Waals surface area contributed by atoms with E-state index in [1.807, 2.05) is 29.2 Å². The Balaban J connectivity index is 2.19. The van der Waals surface area contributed by atoms with Gasteiger partial charge in [-0.1, -0.05) is 28.1 Å². The Morgan fingerprint density at radius 1 is 1.50 bits per heavy atom. The summed E-state index contributed by atoms with van der Waals surface area (Å²) in [6, 6.07) is 6.99. The molecule has 1 aromatic carbocycles. The second-order valence-electron chi connectivity index (χ2n) is 4.86. The average Bonchev–Trinajstić information content (AvgIpc) is 2.87. The van der Waals surface area contributed by atoms with Crippen molar-refractivity contribution in [1.82, 2.24) is 4.90 Å². The lowest BCUT2D eigenvalue weighted by Gasteiger charge is -2.25. The van der Waals surface area contributed by atoms with Gasteiger partial charge in [-0.05, 0) is 24.1 Å². The predicted molar refractivity (Wildman–Crippen MR) is 77.8 cm³/mol. The smallest absolute Gasteiger partial charge is 0.310 e. The predicted octanol–water partition coefficient (Wildman–Crippen LogP) is 1.47. The van der Waals surface area contributed by atoms with Crippen LogP contribution in [0.1, 0.15) is 18.0 Å². The van der Waals surface area contributed by atoms with E-state index in [2.05, 4.69) is 15.9 Å². The number of likely N-dealkylation sites (tertiary alicyclic amines) is 1. The number of esters is 1. The fraction of sp³-hybridized carbons (Fsp3) is 0.429. The van der Waals surface area contributed by atoms with Crippen LogP contribution in [0, 0.1) is 5.92 Å². The van der Waals surface area contributed by atoms with Gasteiger partial charge in [0.1, 0.15) is 6.04 Å². The maximum atomic E-state index is 11.8. The summed E-state index contributed by atoms with van der Waals surface area (Å²) in [6.45, 7) is 1.15. The molecule has 0 radical (unpaired) electrons. The summed E-state index contributed by atoms with van der Waals surface area (Å²) in [4.78, 5) is 25.3. The highest BCUT2D eigenvalue weighted by atomic mass is 79.9. The molecule has 108 valence electrons. The molecule has 1 heterocycles. The van der Waals surface area contributed by atoms with Crippen molar-refractivity contribution in [2.75, 3.05) is 20.2 Å². The van der Waals surface area contributed by atoms with E-state index in [1.54, 1.807) is 0 Å². The number of nitrogens with zero attached hydrogens (tertiary/aromatic N) is 1. The molecular formula is C14H17BrN2O3. The largest absolute Gasteiger partial charge is 0.469 e. The number of rotatable bonds is 4. The number of amides is 1. The van der Waals surface area contributed by atoms with E-state index in [0.717, 1.165) is 10.0 Å². The monoisotopic (exact) mass is 340 g/mol. The van der Waals surface area contributed by atoms with Crippen LogP contribution in [-0.2, 0) is 14.3 Å². The zero-order valence-corrected chi connectivity index (χ0v) is 12.8. The summed E-state index contributed by atoms with van der Waals surface area (Å²) in [5.74, 6) is -0.826. The molecule has 1 amide bonds. The topological polar surface area (TPSA) is 72.6 Å². The molecule has 0 aromatic heterocycles. The molecule has 5 nitrogen and oxygen atoms in total. The van der Waals surface area contributed by atoms with E-state index in [1.165, 1.54) is 7.11 Å². The van der Waals surface area contributed by atoms with Gasteiger partial charge in [-0.25, -0.2) is 0 Å². The lowest BCUT2D eigenvalue weighted by atomic mass is 10.0. The van der Waals surface area contributed by atoms with Crippen molar-refractivity contribution >= 4 is 27.8 Å². The number of primary amides is 1. The molecule has 0 aliphatic carbocycles. The van der Waals surface area contributed by atoms with Crippen LogP contribution in [0.5, 0.6) is 0 Å². The van der Waals surface area contributed by atoms with Gasteiger partial charge in [0.2, 0.25) is 5.91 Å². The highest BCUT2D eigenvalue weighted by Gasteiger charge is 2.35. The van der Waals surface area contributed by atoms with Gasteiger partial charge in [0.25, 0.3) is 0 Å². The molecule has 2 atom stereocenters. The molecule has 1 fully saturated rings. The van der Waals surface area contributed by atoms with Crippen molar-refractivity contribution in [1.29, 1.82) is 0 Å². The van der Waals surface area contributed by atoms with Crippen molar-refractivity contribution in [3.05, 3.63) is 34.3 Å². The summed E-state index contributed by atoms with van der Waals surface area (Å²) < 4.78 is 5.65. The van der Waals surface area contributed by atoms with Gasteiger partial charge < -0.3 is 10.5 Å². The zero-order valence-electron chi connectivity index (χ0n) is 11.2. The maximum absolute atomic E-state index is 11.8. The Kier molecular flexibility index (Phi) is 4.77. The van der Waals surface area contributed by atoms with Crippen LogP contribution < -0.4 is 5.73 Å². The quantitative estimate of drug-likeness (QED) is 0.842. The number of ether oxygens (including phenoxy) is 1. The summed E-state index contributed by atoms with van der Waals surface area (Å²) >= 11 is 3.39. The Hall–Kier alpha value is -1.40. The molecule has 0 spiro atoms. The number of hydrogen-bond acceptors (Lipinski definition) is 4. The third kappa shape index (κ3) is 3.19. The number of hydrogen-bond donors (Lipinski definition) is 1. The van der Waals surface area contributed by atoms with Crippen LogP contribution in [0.25, 0.3) is 0 Å². The third-order valence-corrected chi connectivity index (χ3v) is 4.05. The molecule has 2 rings (SSSR count). The van der Waals surface area contributed by atoms with Crippen molar-refractivity contribution in [3.63, 3.8) is 0 Å². The van der Waals surface area contributed by atoms with Crippen LogP contribution >= 0.6 is 15.9 Å². The second kappa shape index (κ2) is 6.37. The fourth-order valence-electron chi connectivity index (χ4n) is 2.61. The van der Waals surface area contributed by atoms with E-state index in [4.69, 9.17) is 10.5 Å². The first-order valence-electron chi connectivity index (χ1n) is 6.39. The molecule has 20 heavy (non-hydrogen) atoms. The summed E-state index contributed by atoms with van der Waals surface area (Å²) in [6.07, 6.45) is 0.685. The van der Waals surface area contributed by atoms with Gasteiger partial charge in [0, 0.05) is 17.6 Å². The highest BCUT2D eigenvalue weighted by Crippen LogP contribution is 2.29. The van der Waals surface area contributed by atoms with E-state index in [9.17, 15) is 9.59 Å². The van der Waals surface area contributed by atoms with E-state index < -0.39 is 11.9 Å². The molecule has 1 aliphatic heterocycles. The third-order valence-electron chi connectivity index (χ3n) is 3.55. The Morgan fingerprint density at radius 2 is 2.25 bits per heavy atom. The number of nitrogens with two attached hydrogens (primary N) is 1. The molecule has 1 aromatic rings. The van der Waals surface area contributed by atoms with Gasteiger partial charge in [0.05, 0.1) is 13.0 Å². The molecule has 1 saturated heterocycles. The van der Waals surface area contributed by atoms with Gasteiger partial charge in [-0.15, -0.1) is 0 Å². The van der Waals surface area contributed by atoms with E-state index >= 15 is 0 Å². The van der Waals surface area contributed by atoms with Crippen molar-refractivity contribution < 1.29 is 14.3 Å². The first kappa shape index (κ1) is 15.0. The lowest BCUT2D eigenvalue weighted by Crippen LogP contribution is -2.37.